The van der Waals surface area contributed by atoms with Crippen LogP contribution in [0.25, 0.3) is 16.7 Å². The lowest BCUT2D eigenvalue weighted by Gasteiger charge is -2.10. The molecule has 0 amide bonds. The summed E-state index contributed by atoms with van der Waals surface area (Å²) in [7, 11) is 0. The molecule has 0 bridgehead atoms. The highest BCUT2D eigenvalue weighted by atomic mass is 16.5. The number of anilines is 1. The molecule has 0 fully saturated rings. The highest BCUT2D eigenvalue weighted by Crippen LogP contribution is 2.24. The van der Waals surface area contributed by atoms with Crippen molar-refractivity contribution in [2.24, 2.45) is 0 Å². The molecule has 0 atom stereocenters. The minimum atomic E-state index is 0.755. The smallest absolute Gasteiger partial charge is 0.184 e. The lowest BCUT2D eigenvalue weighted by atomic mass is 10.2. The number of fused-ring (bicyclic) bond motifs is 3. The summed E-state index contributed by atoms with van der Waals surface area (Å²) in [6.45, 7) is 10.6. The van der Waals surface area contributed by atoms with E-state index in [0.29, 0.717) is 0 Å². The molecule has 0 aliphatic heterocycles. The van der Waals surface area contributed by atoms with Gasteiger partial charge >= 0.3 is 0 Å². The molecule has 24 heavy (non-hydrogen) atoms. The molecule has 0 aliphatic rings. The van der Waals surface area contributed by atoms with E-state index in [1.165, 1.54) is 0 Å². The maximum Gasteiger partial charge on any atom is 0.184 e. The summed E-state index contributed by atoms with van der Waals surface area (Å²) in [5, 5.41) is 9.18. The van der Waals surface area contributed by atoms with Crippen LogP contribution in [0.5, 0.6) is 0 Å². The average molecular weight is 327 g/mol. The number of ether oxygens (including phenoxy) is 1. The van der Waals surface area contributed by atoms with Gasteiger partial charge in [-0.05, 0) is 45.2 Å². The van der Waals surface area contributed by atoms with E-state index in [4.69, 9.17) is 9.72 Å². The first-order valence-electron chi connectivity index (χ1n) is 8.62. The number of pyridine rings is 1. The monoisotopic (exact) mass is 327 g/mol. The van der Waals surface area contributed by atoms with Crippen LogP contribution in [0.1, 0.15) is 37.2 Å². The summed E-state index contributed by atoms with van der Waals surface area (Å²) in [5.74, 6) is 0.961. The van der Waals surface area contributed by atoms with Gasteiger partial charge in [-0.15, -0.1) is 5.10 Å². The molecule has 3 rings (SSSR count). The Hall–Kier alpha value is -2.21. The molecule has 128 valence electrons. The van der Waals surface area contributed by atoms with E-state index in [0.717, 1.165) is 72.0 Å². The fourth-order valence-electron chi connectivity index (χ4n) is 2.91. The van der Waals surface area contributed by atoms with Crippen LogP contribution in [0.4, 0.5) is 5.82 Å². The summed E-state index contributed by atoms with van der Waals surface area (Å²) in [6, 6.07) is 4.15. The molecule has 3 aromatic rings. The van der Waals surface area contributed by atoms with Gasteiger partial charge in [0.2, 0.25) is 0 Å². The fraction of sp³-hybridized carbons (Fsp3) is 0.500. The molecular formula is C18H25N5O. The Morgan fingerprint density at radius 2 is 2.00 bits per heavy atom. The molecule has 1 N–H and O–H groups in total. The molecule has 0 aromatic carbocycles. The standard InChI is InChI=1S/C18H25N5O/c1-5-14-11-15(19-8-7-9-24-6-2)23-18(21-14)16-12(3)10-13(4)20-17(16)22-23/h10-11,19H,5-9H2,1-4H3. The van der Waals surface area contributed by atoms with Crippen LogP contribution >= 0.6 is 0 Å². The summed E-state index contributed by atoms with van der Waals surface area (Å²) in [4.78, 5) is 9.36. The normalized spacial score (nSPS) is 11.5. The number of rotatable bonds is 7. The molecule has 6 heteroatoms. The Morgan fingerprint density at radius 3 is 2.75 bits per heavy atom. The Bertz CT molecular complexity index is 856. The SMILES string of the molecule is CCOCCCNc1cc(CC)nc2c3c(C)cc(C)nc3nn12. The van der Waals surface area contributed by atoms with Gasteiger partial charge in [-0.25, -0.2) is 9.97 Å². The average Bonchev–Trinajstić information content (AvgIpc) is 2.92. The van der Waals surface area contributed by atoms with Gasteiger partial charge in [0.05, 0.1) is 5.39 Å². The van der Waals surface area contributed by atoms with E-state index < -0.39 is 0 Å². The van der Waals surface area contributed by atoms with E-state index in [-0.39, 0.29) is 0 Å². The third-order valence-electron chi connectivity index (χ3n) is 4.06. The van der Waals surface area contributed by atoms with Gasteiger partial charge in [0, 0.05) is 37.2 Å². The fourth-order valence-corrected chi connectivity index (χ4v) is 2.91. The first-order chi connectivity index (χ1) is 11.6. The molecule has 0 radical (unpaired) electrons. The van der Waals surface area contributed by atoms with Crippen molar-refractivity contribution in [3.63, 3.8) is 0 Å². The number of hydrogen-bond donors (Lipinski definition) is 1. The maximum atomic E-state index is 5.40. The lowest BCUT2D eigenvalue weighted by molar-refractivity contribution is 0.147. The van der Waals surface area contributed by atoms with Gasteiger partial charge in [0.1, 0.15) is 5.82 Å². The first kappa shape index (κ1) is 16.6. The number of aromatic nitrogens is 4. The van der Waals surface area contributed by atoms with E-state index in [1.807, 2.05) is 18.4 Å². The molecule has 3 heterocycles. The topological polar surface area (TPSA) is 64.3 Å². The van der Waals surface area contributed by atoms with Crippen LogP contribution in [-0.4, -0.2) is 39.3 Å². The van der Waals surface area contributed by atoms with E-state index >= 15 is 0 Å². The van der Waals surface area contributed by atoms with Gasteiger partial charge in [-0.3, -0.25) is 0 Å². The van der Waals surface area contributed by atoms with Crippen LogP contribution in [0.2, 0.25) is 0 Å². The van der Waals surface area contributed by atoms with Crippen LogP contribution < -0.4 is 5.32 Å². The first-order valence-corrected chi connectivity index (χ1v) is 8.62. The Kier molecular flexibility index (Phi) is 4.94. The molecular weight excluding hydrogens is 302 g/mol. The van der Waals surface area contributed by atoms with Crippen LogP contribution in [-0.2, 0) is 11.2 Å². The molecule has 0 saturated carbocycles. The summed E-state index contributed by atoms with van der Waals surface area (Å²) >= 11 is 0. The predicted octanol–water partition coefficient (Wildman–Crippen LogP) is 3.30. The van der Waals surface area contributed by atoms with Crippen molar-refractivity contribution in [3.05, 3.63) is 29.1 Å². The molecule has 0 spiro atoms. The zero-order valence-electron chi connectivity index (χ0n) is 14.9. The highest BCUT2D eigenvalue weighted by Gasteiger charge is 2.14. The second-order valence-electron chi connectivity index (χ2n) is 5.98. The summed E-state index contributed by atoms with van der Waals surface area (Å²) < 4.78 is 7.27. The number of nitrogens with one attached hydrogen (secondary N) is 1. The van der Waals surface area contributed by atoms with Crippen molar-refractivity contribution in [1.82, 2.24) is 19.6 Å². The number of nitrogens with zero attached hydrogens (tertiary/aromatic N) is 4. The third kappa shape index (κ3) is 3.19. The minimum Gasteiger partial charge on any atom is -0.382 e. The third-order valence-corrected chi connectivity index (χ3v) is 4.06. The number of hydrogen-bond acceptors (Lipinski definition) is 5. The van der Waals surface area contributed by atoms with Gasteiger partial charge in [-0.1, -0.05) is 6.92 Å². The van der Waals surface area contributed by atoms with Crippen molar-refractivity contribution in [1.29, 1.82) is 0 Å². The molecule has 0 saturated heterocycles. The summed E-state index contributed by atoms with van der Waals surface area (Å²) in [5.41, 5.74) is 4.82. The number of aryl methyl sites for hydroxylation is 3. The second kappa shape index (κ2) is 7.13. The van der Waals surface area contributed by atoms with E-state index in [2.05, 4.69) is 41.4 Å². The second-order valence-corrected chi connectivity index (χ2v) is 5.98. The van der Waals surface area contributed by atoms with Crippen molar-refractivity contribution in [2.75, 3.05) is 25.1 Å². The zero-order valence-corrected chi connectivity index (χ0v) is 14.9. The molecule has 6 nitrogen and oxygen atoms in total. The largest absolute Gasteiger partial charge is 0.382 e. The maximum absolute atomic E-state index is 5.40. The zero-order chi connectivity index (χ0) is 17.1. The molecule has 0 aliphatic carbocycles. The Morgan fingerprint density at radius 1 is 1.17 bits per heavy atom. The molecule has 3 aromatic heterocycles. The predicted molar refractivity (Wildman–Crippen MR) is 96.7 cm³/mol. The van der Waals surface area contributed by atoms with Crippen molar-refractivity contribution in [3.8, 4) is 0 Å². The van der Waals surface area contributed by atoms with Crippen molar-refractivity contribution < 1.29 is 4.74 Å². The van der Waals surface area contributed by atoms with Crippen molar-refractivity contribution in [2.45, 2.75) is 40.5 Å². The quantitative estimate of drug-likeness (QED) is 0.675. The van der Waals surface area contributed by atoms with Crippen molar-refractivity contribution >= 4 is 22.5 Å². The van der Waals surface area contributed by atoms with E-state index in [9.17, 15) is 0 Å². The van der Waals surface area contributed by atoms with Crippen LogP contribution in [0.3, 0.4) is 0 Å². The Labute approximate surface area is 142 Å². The summed E-state index contributed by atoms with van der Waals surface area (Å²) in [6.07, 6.45) is 1.84. The minimum absolute atomic E-state index is 0.755. The van der Waals surface area contributed by atoms with Gasteiger partial charge in [0.15, 0.2) is 11.3 Å². The van der Waals surface area contributed by atoms with Crippen LogP contribution in [0, 0.1) is 13.8 Å². The van der Waals surface area contributed by atoms with Gasteiger partial charge in [0.25, 0.3) is 0 Å². The lowest BCUT2D eigenvalue weighted by Crippen LogP contribution is -2.10. The highest BCUT2D eigenvalue weighted by molar-refractivity contribution is 5.93. The van der Waals surface area contributed by atoms with Gasteiger partial charge < -0.3 is 10.1 Å². The molecule has 0 unspecified atom stereocenters. The van der Waals surface area contributed by atoms with E-state index in [1.54, 1.807) is 0 Å². The van der Waals surface area contributed by atoms with Gasteiger partial charge in [-0.2, -0.15) is 4.52 Å². The Balaban J connectivity index is 2.02. The van der Waals surface area contributed by atoms with Crippen LogP contribution in [0.15, 0.2) is 12.1 Å².